The lowest BCUT2D eigenvalue weighted by atomic mass is 10.0. The smallest absolute Gasteiger partial charge is 0.248 e. The van der Waals surface area contributed by atoms with Crippen molar-refractivity contribution < 1.29 is 10.0 Å². The first-order valence-corrected chi connectivity index (χ1v) is 6.54. The van der Waals surface area contributed by atoms with Crippen LogP contribution in [0.4, 0.5) is 0 Å². The Bertz CT molecular complexity index is 380. The summed E-state index contributed by atoms with van der Waals surface area (Å²) in [6, 6.07) is 2.08. The van der Waals surface area contributed by atoms with Crippen LogP contribution in [0.15, 0.2) is 6.07 Å². The third-order valence-corrected chi connectivity index (χ3v) is 4.59. The van der Waals surface area contributed by atoms with E-state index in [0.29, 0.717) is 5.92 Å². The van der Waals surface area contributed by atoms with E-state index in [1.165, 1.54) is 36.1 Å². The Balaban J connectivity index is 2.11. The second kappa shape index (κ2) is 4.97. The molecule has 1 aromatic rings. The van der Waals surface area contributed by atoms with E-state index in [4.69, 9.17) is 5.21 Å². The molecule has 1 fully saturated rings. The monoisotopic (exact) mass is 239 g/mol. The van der Waals surface area contributed by atoms with Gasteiger partial charge in [-0.3, -0.25) is 10.0 Å². The van der Waals surface area contributed by atoms with E-state index in [1.54, 1.807) is 16.8 Å². The number of thiophene rings is 1. The fraction of sp³-hybridized carbons (Fsp3) is 0.583. The van der Waals surface area contributed by atoms with E-state index in [-0.39, 0.29) is 12.3 Å². The van der Waals surface area contributed by atoms with Crippen molar-refractivity contribution in [3.05, 3.63) is 21.4 Å². The van der Waals surface area contributed by atoms with Gasteiger partial charge in [-0.1, -0.05) is 12.8 Å². The van der Waals surface area contributed by atoms with Crippen LogP contribution in [0.1, 0.15) is 46.9 Å². The number of nitrogens with one attached hydrogen (secondary N) is 1. The molecule has 1 aliphatic rings. The average Bonchev–Trinajstić information content (AvgIpc) is 2.87. The highest BCUT2D eigenvalue weighted by Gasteiger charge is 2.21. The first kappa shape index (κ1) is 11.6. The van der Waals surface area contributed by atoms with Crippen LogP contribution in [-0.4, -0.2) is 11.1 Å². The SMILES string of the molecule is Cc1cc(CC(=O)NO)sc1C1CCCC1. The zero-order chi connectivity index (χ0) is 11.5. The van der Waals surface area contributed by atoms with Crippen LogP contribution in [0.5, 0.6) is 0 Å². The number of carbonyl (C=O) groups is 1. The zero-order valence-electron chi connectivity index (χ0n) is 9.45. The van der Waals surface area contributed by atoms with Gasteiger partial charge in [0.15, 0.2) is 0 Å². The van der Waals surface area contributed by atoms with Gasteiger partial charge in [-0.2, -0.15) is 0 Å². The van der Waals surface area contributed by atoms with Gasteiger partial charge < -0.3 is 0 Å². The van der Waals surface area contributed by atoms with Crippen molar-refractivity contribution in [3.8, 4) is 0 Å². The topological polar surface area (TPSA) is 49.3 Å². The molecule has 2 rings (SSSR count). The number of rotatable bonds is 3. The molecule has 0 aliphatic heterocycles. The van der Waals surface area contributed by atoms with Crippen LogP contribution in [0.3, 0.4) is 0 Å². The van der Waals surface area contributed by atoms with Gasteiger partial charge in [-0.15, -0.1) is 11.3 Å². The second-order valence-corrected chi connectivity index (χ2v) is 5.62. The van der Waals surface area contributed by atoms with E-state index in [9.17, 15) is 4.79 Å². The van der Waals surface area contributed by atoms with E-state index >= 15 is 0 Å². The maximum atomic E-state index is 11.1. The predicted octanol–water partition coefficient (Wildman–Crippen LogP) is 2.76. The Hall–Kier alpha value is -0.870. The lowest BCUT2D eigenvalue weighted by molar-refractivity contribution is -0.128. The minimum Gasteiger partial charge on any atom is -0.289 e. The van der Waals surface area contributed by atoms with Gasteiger partial charge in [0, 0.05) is 9.75 Å². The van der Waals surface area contributed by atoms with Crippen molar-refractivity contribution in [2.45, 2.75) is 44.9 Å². The van der Waals surface area contributed by atoms with Crippen molar-refractivity contribution >= 4 is 17.2 Å². The summed E-state index contributed by atoms with van der Waals surface area (Å²) in [6.45, 7) is 2.12. The Kier molecular flexibility index (Phi) is 3.61. The molecule has 0 radical (unpaired) electrons. The third-order valence-electron chi connectivity index (χ3n) is 3.19. The van der Waals surface area contributed by atoms with Crippen LogP contribution in [-0.2, 0) is 11.2 Å². The Morgan fingerprint density at radius 2 is 2.25 bits per heavy atom. The van der Waals surface area contributed by atoms with Crippen LogP contribution in [0, 0.1) is 6.92 Å². The average molecular weight is 239 g/mol. The molecule has 0 aromatic carbocycles. The van der Waals surface area contributed by atoms with E-state index in [0.717, 1.165) is 4.88 Å². The van der Waals surface area contributed by atoms with E-state index in [2.05, 4.69) is 13.0 Å². The number of hydroxylamine groups is 1. The third kappa shape index (κ3) is 2.44. The van der Waals surface area contributed by atoms with Crippen molar-refractivity contribution in [2.75, 3.05) is 0 Å². The fourth-order valence-corrected chi connectivity index (χ4v) is 3.79. The lowest BCUT2D eigenvalue weighted by Crippen LogP contribution is -2.20. The second-order valence-electron chi connectivity index (χ2n) is 4.45. The fourth-order valence-electron chi connectivity index (χ4n) is 2.44. The molecule has 0 spiro atoms. The number of aryl methyl sites for hydroxylation is 1. The van der Waals surface area contributed by atoms with Gasteiger partial charge in [-0.25, -0.2) is 5.48 Å². The van der Waals surface area contributed by atoms with Crippen LogP contribution >= 0.6 is 11.3 Å². The summed E-state index contributed by atoms with van der Waals surface area (Å²) in [5.41, 5.74) is 2.98. The number of carbonyl (C=O) groups excluding carboxylic acids is 1. The molecule has 0 saturated heterocycles. The van der Waals surface area contributed by atoms with Gasteiger partial charge in [0.2, 0.25) is 5.91 Å². The maximum Gasteiger partial charge on any atom is 0.248 e. The summed E-state index contributed by atoms with van der Waals surface area (Å²) in [5.74, 6) is 0.371. The molecule has 0 unspecified atom stereocenters. The molecule has 1 aliphatic carbocycles. The van der Waals surface area contributed by atoms with Crippen molar-refractivity contribution in [3.63, 3.8) is 0 Å². The van der Waals surface area contributed by atoms with Crippen molar-refractivity contribution in [1.29, 1.82) is 0 Å². The molecule has 0 atom stereocenters. The minimum atomic E-state index is -0.334. The standard InChI is InChI=1S/C12H17NO2S/c1-8-6-10(7-11(14)13-15)16-12(8)9-4-2-3-5-9/h6,9,15H,2-5,7H2,1H3,(H,13,14). The normalized spacial score (nSPS) is 16.6. The first-order chi connectivity index (χ1) is 7.70. The summed E-state index contributed by atoms with van der Waals surface area (Å²) in [6.07, 6.45) is 5.51. The summed E-state index contributed by atoms with van der Waals surface area (Å²) < 4.78 is 0. The Labute approximate surface area is 99.4 Å². The molecular formula is C12H17NO2S. The summed E-state index contributed by atoms with van der Waals surface area (Å²) in [7, 11) is 0. The van der Waals surface area contributed by atoms with Crippen molar-refractivity contribution in [1.82, 2.24) is 5.48 Å². The number of hydrogen-bond acceptors (Lipinski definition) is 3. The van der Waals surface area contributed by atoms with Gasteiger partial charge in [0.1, 0.15) is 0 Å². The molecule has 2 N–H and O–H groups in total. The molecule has 1 saturated carbocycles. The van der Waals surface area contributed by atoms with Crippen LogP contribution in [0.2, 0.25) is 0 Å². The Morgan fingerprint density at radius 1 is 1.56 bits per heavy atom. The van der Waals surface area contributed by atoms with Gasteiger partial charge in [0.25, 0.3) is 0 Å². The molecule has 1 amide bonds. The summed E-state index contributed by atoms with van der Waals surface area (Å²) in [5, 5.41) is 8.49. The summed E-state index contributed by atoms with van der Waals surface area (Å²) in [4.78, 5) is 13.6. The highest BCUT2D eigenvalue weighted by molar-refractivity contribution is 7.12. The van der Waals surface area contributed by atoms with E-state index in [1.807, 2.05) is 0 Å². The number of hydrogen-bond donors (Lipinski definition) is 2. The van der Waals surface area contributed by atoms with Crippen molar-refractivity contribution in [2.24, 2.45) is 0 Å². The van der Waals surface area contributed by atoms with Gasteiger partial charge in [0.05, 0.1) is 6.42 Å². The Morgan fingerprint density at radius 3 is 2.88 bits per heavy atom. The summed E-state index contributed by atoms with van der Waals surface area (Å²) >= 11 is 1.73. The predicted molar refractivity (Wildman–Crippen MR) is 63.9 cm³/mol. The molecule has 1 heterocycles. The highest BCUT2D eigenvalue weighted by Crippen LogP contribution is 2.39. The maximum absolute atomic E-state index is 11.1. The number of amides is 1. The quantitative estimate of drug-likeness (QED) is 0.629. The molecular weight excluding hydrogens is 222 g/mol. The van der Waals surface area contributed by atoms with Gasteiger partial charge >= 0.3 is 0 Å². The largest absolute Gasteiger partial charge is 0.289 e. The lowest BCUT2D eigenvalue weighted by Gasteiger charge is -2.06. The first-order valence-electron chi connectivity index (χ1n) is 5.73. The molecule has 4 heteroatoms. The van der Waals surface area contributed by atoms with Crippen LogP contribution in [0.25, 0.3) is 0 Å². The van der Waals surface area contributed by atoms with Crippen LogP contribution < -0.4 is 5.48 Å². The molecule has 3 nitrogen and oxygen atoms in total. The highest BCUT2D eigenvalue weighted by atomic mass is 32.1. The minimum absolute atomic E-state index is 0.286. The molecule has 1 aromatic heterocycles. The molecule has 88 valence electrons. The molecule has 16 heavy (non-hydrogen) atoms. The van der Waals surface area contributed by atoms with Gasteiger partial charge in [-0.05, 0) is 37.3 Å². The molecule has 0 bridgehead atoms. The van der Waals surface area contributed by atoms with E-state index < -0.39 is 0 Å². The zero-order valence-corrected chi connectivity index (χ0v) is 10.3.